The maximum atomic E-state index is 13.1. The van der Waals surface area contributed by atoms with Gasteiger partial charge >= 0.3 is 0 Å². The largest absolute Gasteiger partial charge is 0.306 e. The summed E-state index contributed by atoms with van der Waals surface area (Å²) in [4.78, 5) is 27.1. The molecule has 2 aromatic carbocycles. The van der Waals surface area contributed by atoms with Gasteiger partial charge < -0.3 is 4.90 Å². The van der Waals surface area contributed by atoms with Crippen molar-refractivity contribution in [3.05, 3.63) is 68.5 Å². The molecule has 0 unspecified atom stereocenters. The standard InChI is InChI=1S/C18H14BrN3O2/c1-21-17(23)14-5-3-2-4-13(14)16(20-21)18(24)22-9-8-11-10-12(19)6-7-15(11)22/h2-7,10H,8-9H2,1H3. The number of carbonyl (C=O) groups is 1. The highest BCUT2D eigenvalue weighted by atomic mass is 79.9. The molecule has 6 heteroatoms. The van der Waals surface area contributed by atoms with Crippen LogP contribution in [0.3, 0.4) is 0 Å². The molecule has 0 spiro atoms. The Morgan fingerprint density at radius 1 is 1.17 bits per heavy atom. The normalized spacial score (nSPS) is 13.3. The van der Waals surface area contributed by atoms with E-state index in [0.29, 0.717) is 23.0 Å². The predicted octanol–water partition coefficient (Wildman–Crippen LogP) is 2.90. The first kappa shape index (κ1) is 15.1. The van der Waals surface area contributed by atoms with Crippen LogP contribution in [0.25, 0.3) is 10.8 Å². The van der Waals surface area contributed by atoms with E-state index in [1.807, 2.05) is 24.3 Å². The summed E-state index contributed by atoms with van der Waals surface area (Å²) in [6, 6.07) is 13.0. The van der Waals surface area contributed by atoms with Crippen molar-refractivity contribution in [2.45, 2.75) is 6.42 Å². The number of hydrogen-bond donors (Lipinski definition) is 0. The van der Waals surface area contributed by atoms with Gasteiger partial charge in [-0.15, -0.1) is 0 Å². The topological polar surface area (TPSA) is 55.2 Å². The number of benzene rings is 2. The van der Waals surface area contributed by atoms with Crippen molar-refractivity contribution < 1.29 is 4.79 Å². The van der Waals surface area contributed by atoms with Gasteiger partial charge in [-0.1, -0.05) is 34.1 Å². The highest BCUT2D eigenvalue weighted by Gasteiger charge is 2.28. The lowest BCUT2D eigenvalue weighted by molar-refractivity contribution is 0.0984. The Bertz CT molecular complexity index is 1040. The molecule has 0 aliphatic carbocycles. The lowest BCUT2D eigenvalue weighted by Crippen LogP contribution is -2.32. The van der Waals surface area contributed by atoms with E-state index in [1.165, 1.54) is 4.68 Å². The molecule has 5 nitrogen and oxygen atoms in total. The fourth-order valence-corrected chi connectivity index (χ4v) is 3.58. The average Bonchev–Trinajstić information content (AvgIpc) is 3.00. The van der Waals surface area contributed by atoms with Crippen LogP contribution in [-0.4, -0.2) is 22.2 Å². The van der Waals surface area contributed by atoms with Crippen molar-refractivity contribution in [2.75, 3.05) is 11.4 Å². The van der Waals surface area contributed by atoms with Gasteiger partial charge in [0.15, 0.2) is 5.69 Å². The van der Waals surface area contributed by atoms with Crippen molar-refractivity contribution in [1.82, 2.24) is 9.78 Å². The molecule has 1 aromatic heterocycles. The van der Waals surface area contributed by atoms with Crippen LogP contribution in [0, 0.1) is 0 Å². The lowest BCUT2D eigenvalue weighted by Gasteiger charge is -2.18. The molecule has 0 saturated heterocycles. The van der Waals surface area contributed by atoms with E-state index in [9.17, 15) is 9.59 Å². The third-order valence-corrected chi connectivity index (χ3v) is 4.83. The Hall–Kier alpha value is -2.47. The number of amides is 1. The van der Waals surface area contributed by atoms with Gasteiger partial charge in [-0.05, 0) is 36.2 Å². The number of nitrogens with zero attached hydrogens (tertiary/aromatic N) is 3. The summed E-state index contributed by atoms with van der Waals surface area (Å²) in [5.74, 6) is -0.178. The molecule has 4 rings (SSSR count). The average molecular weight is 384 g/mol. The fourth-order valence-electron chi connectivity index (χ4n) is 3.17. The van der Waals surface area contributed by atoms with Crippen molar-refractivity contribution in [3.8, 4) is 0 Å². The predicted molar refractivity (Wildman–Crippen MR) is 96.5 cm³/mol. The molecule has 0 radical (unpaired) electrons. The molecule has 0 N–H and O–H groups in total. The second kappa shape index (κ2) is 5.56. The van der Waals surface area contributed by atoms with Crippen LogP contribution in [-0.2, 0) is 13.5 Å². The Morgan fingerprint density at radius 3 is 2.71 bits per heavy atom. The summed E-state index contributed by atoms with van der Waals surface area (Å²) in [7, 11) is 1.57. The summed E-state index contributed by atoms with van der Waals surface area (Å²) < 4.78 is 2.23. The number of anilines is 1. The molecule has 2 heterocycles. The molecule has 1 aliphatic rings. The minimum atomic E-state index is -0.201. The van der Waals surface area contributed by atoms with E-state index >= 15 is 0 Å². The van der Waals surface area contributed by atoms with Gasteiger partial charge in [0, 0.05) is 29.1 Å². The number of aryl methyl sites for hydroxylation is 1. The molecular formula is C18H14BrN3O2. The van der Waals surface area contributed by atoms with Crippen LogP contribution in [0.5, 0.6) is 0 Å². The van der Waals surface area contributed by atoms with Crippen LogP contribution in [0.1, 0.15) is 16.1 Å². The van der Waals surface area contributed by atoms with Gasteiger partial charge in [0.2, 0.25) is 0 Å². The Morgan fingerprint density at radius 2 is 1.92 bits per heavy atom. The van der Waals surface area contributed by atoms with E-state index in [-0.39, 0.29) is 11.5 Å². The zero-order chi connectivity index (χ0) is 16.8. The van der Waals surface area contributed by atoms with Crippen LogP contribution < -0.4 is 10.5 Å². The third-order valence-electron chi connectivity index (χ3n) is 4.34. The van der Waals surface area contributed by atoms with Crippen LogP contribution in [0.15, 0.2) is 51.7 Å². The zero-order valence-electron chi connectivity index (χ0n) is 13.0. The maximum Gasteiger partial charge on any atom is 0.279 e. The van der Waals surface area contributed by atoms with Gasteiger partial charge in [0.05, 0.1) is 5.39 Å². The van der Waals surface area contributed by atoms with Crippen molar-refractivity contribution >= 4 is 38.3 Å². The highest BCUT2D eigenvalue weighted by Crippen LogP contribution is 2.32. The number of carbonyl (C=O) groups excluding carboxylic acids is 1. The number of rotatable bonds is 1. The molecule has 24 heavy (non-hydrogen) atoms. The third kappa shape index (κ3) is 2.26. The number of aromatic nitrogens is 2. The van der Waals surface area contributed by atoms with E-state index in [2.05, 4.69) is 21.0 Å². The van der Waals surface area contributed by atoms with Crippen molar-refractivity contribution in [1.29, 1.82) is 0 Å². The molecule has 0 fully saturated rings. The number of fused-ring (bicyclic) bond motifs is 2. The zero-order valence-corrected chi connectivity index (χ0v) is 14.6. The summed E-state index contributed by atoms with van der Waals surface area (Å²) in [6.45, 7) is 0.615. The fraction of sp³-hybridized carbons (Fsp3) is 0.167. The minimum absolute atomic E-state index is 0.178. The van der Waals surface area contributed by atoms with E-state index in [0.717, 1.165) is 22.1 Å². The first-order chi connectivity index (χ1) is 11.6. The molecule has 0 bridgehead atoms. The second-order valence-electron chi connectivity index (χ2n) is 5.80. The monoisotopic (exact) mass is 383 g/mol. The van der Waals surface area contributed by atoms with E-state index in [4.69, 9.17) is 0 Å². The summed E-state index contributed by atoms with van der Waals surface area (Å²) in [6.07, 6.45) is 0.810. The molecule has 3 aromatic rings. The minimum Gasteiger partial charge on any atom is -0.306 e. The molecule has 120 valence electrons. The van der Waals surface area contributed by atoms with Crippen LogP contribution >= 0.6 is 15.9 Å². The smallest absolute Gasteiger partial charge is 0.279 e. The summed E-state index contributed by atoms with van der Waals surface area (Å²) in [5.41, 5.74) is 2.14. The van der Waals surface area contributed by atoms with E-state index < -0.39 is 0 Å². The summed E-state index contributed by atoms with van der Waals surface area (Å²) in [5, 5.41) is 5.34. The first-order valence-corrected chi connectivity index (χ1v) is 8.42. The van der Waals surface area contributed by atoms with Crippen LogP contribution in [0.2, 0.25) is 0 Å². The maximum absolute atomic E-state index is 13.1. The molecule has 0 saturated carbocycles. The quantitative estimate of drug-likeness (QED) is 0.649. The lowest BCUT2D eigenvalue weighted by atomic mass is 10.1. The molecule has 0 atom stereocenters. The van der Waals surface area contributed by atoms with Crippen molar-refractivity contribution in [3.63, 3.8) is 0 Å². The Labute approximate surface area is 146 Å². The molecule has 1 amide bonds. The first-order valence-electron chi connectivity index (χ1n) is 7.62. The van der Waals surface area contributed by atoms with Gasteiger partial charge in [0.25, 0.3) is 11.5 Å². The van der Waals surface area contributed by atoms with Gasteiger partial charge in [-0.2, -0.15) is 5.10 Å². The van der Waals surface area contributed by atoms with Gasteiger partial charge in [-0.3, -0.25) is 9.59 Å². The SMILES string of the molecule is Cn1nc(C(=O)N2CCc3cc(Br)ccc32)c2ccccc2c1=O. The van der Waals surface area contributed by atoms with Gasteiger partial charge in [-0.25, -0.2) is 4.68 Å². The van der Waals surface area contributed by atoms with Crippen molar-refractivity contribution in [2.24, 2.45) is 7.05 Å². The molecular weight excluding hydrogens is 370 g/mol. The molecule has 1 aliphatic heterocycles. The highest BCUT2D eigenvalue weighted by molar-refractivity contribution is 9.10. The Balaban J connectivity index is 1.87. The van der Waals surface area contributed by atoms with Gasteiger partial charge in [0.1, 0.15) is 0 Å². The van der Waals surface area contributed by atoms with E-state index in [1.54, 1.807) is 30.1 Å². The number of hydrogen-bond acceptors (Lipinski definition) is 3. The number of halogens is 1. The Kier molecular flexibility index (Phi) is 3.49. The second-order valence-corrected chi connectivity index (χ2v) is 6.72. The van der Waals surface area contributed by atoms with Crippen LogP contribution in [0.4, 0.5) is 5.69 Å². The summed E-state index contributed by atoms with van der Waals surface area (Å²) >= 11 is 3.46.